The fourth-order valence-corrected chi connectivity index (χ4v) is 12.5. The second kappa shape index (κ2) is 45.4. The average Bonchev–Trinajstić information content (AvgIpc) is 1.63. The summed E-state index contributed by atoms with van der Waals surface area (Å²) in [5.74, 6) is -5.64. The summed E-state index contributed by atoms with van der Waals surface area (Å²) >= 11 is 0. The van der Waals surface area contributed by atoms with Crippen molar-refractivity contribution in [3.05, 3.63) is 287 Å². The number of hydrogen-bond acceptors (Lipinski definition) is 21. The maximum Gasteiger partial charge on any atom is 0.407 e. The number of carbonyl (C=O) groups excluding carboxylic acids is 12. The zero-order valence-corrected chi connectivity index (χ0v) is 63.0. The van der Waals surface area contributed by atoms with Crippen LogP contribution in [0.3, 0.4) is 0 Å². The van der Waals surface area contributed by atoms with Crippen LogP contribution in [0.25, 0.3) is 33.4 Å². The molecule has 0 radical (unpaired) electrons. The van der Waals surface area contributed by atoms with Gasteiger partial charge in [-0.05, 0) is 83.5 Å². The molecule has 0 saturated heterocycles. The number of primary amides is 3. The second-order valence-electron chi connectivity index (χ2n) is 26.2. The molecule has 0 spiro atoms. The molecule has 0 fully saturated rings. The Morgan fingerprint density at radius 1 is 0.362 bits per heavy atom. The van der Waals surface area contributed by atoms with Crippen LogP contribution in [0.15, 0.2) is 237 Å². The minimum absolute atomic E-state index is 0.0313. The Kier molecular flexibility index (Phi) is 34.2. The molecule has 9 aromatic carbocycles. The van der Waals surface area contributed by atoms with E-state index in [-0.39, 0.29) is 88.5 Å². The molecular weight excluding hydrogens is 1490 g/mol. The van der Waals surface area contributed by atoms with E-state index >= 15 is 0 Å². The predicted molar refractivity (Wildman–Crippen MR) is 426 cm³/mol. The van der Waals surface area contributed by atoms with Gasteiger partial charge in [-0.1, -0.05) is 237 Å². The highest BCUT2D eigenvalue weighted by Crippen LogP contribution is 2.47. The number of ketones is 2. The lowest BCUT2D eigenvalue weighted by atomic mass is 9.98. The highest BCUT2D eigenvalue weighted by Gasteiger charge is 2.34. The number of carboxylic acids is 1. The molecule has 602 valence electrons. The molecule has 0 bridgehead atoms. The van der Waals surface area contributed by atoms with Crippen molar-refractivity contribution in [3.8, 4) is 33.4 Å². The Morgan fingerprint density at radius 2 is 0.664 bits per heavy atom. The van der Waals surface area contributed by atoms with Crippen molar-refractivity contribution in [3.63, 3.8) is 0 Å². The van der Waals surface area contributed by atoms with Crippen molar-refractivity contribution in [2.75, 3.05) is 39.5 Å². The Hall–Kier alpha value is -14.2. The van der Waals surface area contributed by atoms with Gasteiger partial charge in [-0.3, -0.25) is 33.6 Å². The molecule has 116 heavy (non-hydrogen) atoms. The summed E-state index contributed by atoms with van der Waals surface area (Å²) in [5, 5.41) is 18.2. The van der Waals surface area contributed by atoms with Gasteiger partial charge < -0.3 is 88.3 Å². The van der Waals surface area contributed by atoms with Crippen LogP contribution < -0.4 is 49.9 Å². The van der Waals surface area contributed by atoms with Crippen LogP contribution in [0, 0.1) is 0 Å². The van der Waals surface area contributed by atoms with Crippen molar-refractivity contribution in [2.45, 2.75) is 87.8 Å². The van der Waals surface area contributed by atoms with Crippen LogP contribution in [-0.2, 0) is 91.4 Å². The summed E-state index contributed by atoms with van der Waals surface area (Å²) in [4.78, 5) is 149. The minimum atomic E-state index is -1.41. The number of aldehydes is 1. The molecule has 7 amide bonds. The molecule has 0 aliphatic heterocycles. The number of carbonyl (C=O) groups is 13. The number of ether oxygens (including phenoxy) is 6. The van der Waals surface area contributed by atoms with Crippen molar-refractivity contribution < 1.29 is 95.9 Å². The second-order valence-corrected chi connectivity index (χ2v) is 26.2. The zero-order valence-electron chi connectivity index (χ0n) is 63.0. The van der Waals surface area contributed by atoms with Crippen molar-refractivity contribution >= 4 is 77.9 Å². The first-order valence-electron chi connectivity index (χ1n) is 36.7. The molecule has 29 heteroatoms. The maximum absolute atomic E-state index is 12.6. The average molecular weight is 1580 g/mol. The van der Waals surface area contributed by atoms with Crippen molar-refractivity contribution in [1.29, 1.82) is 0 Å². The molecular formula is C87H89N9O20. The summed E-state index contributed by atoms with van der Waals surface area (Å²) < 4.78 is 30.8. The largest absolute Gasteiger partial charge is 0.480 e. The van der Waals surface area contributed by atoms with E-state index < -0.39 is 97.1 Å². The first-order valence-corrected chi connectivity index (χ1v) is 36.7. The highest BCUT2D eigenvalue weighted by atomic mass is 16.6. The van der Waals surface area contributed by atoms with E-state index in [0.717, 1.165) is 67.5 Å². The van der Waals surface area contributed by atoms with Crippen molar-refractivity contribution in [1.82, 2.24) is 21.3 Å². The van der Waals surface area contributed by atoms with Crippen LogP contribution in [0.5, 0.6) is 0 Å². The van der Waals surface area contributed by atoms with Crippen LogP contribution in [0.4, 0.5) is 19.2 Å². The Bertz CT molecular complexity index is 4760. The first-order chi connectivity index (χ1) is 56.0. The van der Waals surface area contributed by atoms with Crippen LogP contribution in [0.2, 0.25) is 0 Å². The van der Waals surface area contributed by atoms with Gasteiger partial charge in [0.05, 0.1) is 44.9 Å². The number of rotatable bonds is 31. The number of hydrogen-bond donors (Lipinski definition) is 10. The smallest absolute Gasteiger partial charge is 0.407 e. The van der Waals surface area contributed by atoms with Gasteiger partial charge in [0, 0.05) is 30.6 Å². The van der Waals surface area contributed by atoms with Gasteiger partial charge in [-0.25, -0.2) is 24.0 Å². The van der Waals surface area contributed by atoms with Crippen LogP contribution >= 0.6 is 0 Å². The number of nitrogens with one attached hydrogen (secondary N) is 4. The third kappa shape index (κ3) is 27.0. The fourth-order valence-electron chi connectivity index (χ4n) is 12.5. The van der Waals surface area contributed by atoms with Crippen molar-refractivity contribution in [2.24, 2.45) is 28.7 Å². The normalized spacial score (nSPS) is 12.2. The molecule has 3 aliphatic rings. The summed E-state index contributed by atoms with van der Waals surface area (Å²) in [6.07, 6.45) is -3.39. The number of Topliss-reactive ketones (excluding diaryl/α,β-unsaturated/α-hetero) is 2. The van der Waals surface area contributed by atoms with E-state index in [1.54, 1.807) is 24.3 Å². The van der Waals surface area contributed by atoms with E-state index in [1.807, 2.05) is 188 Å². The molecule has 0 saturated carbocycles. The SMILES string of the molecule is NC(=O)C[C@H](N)C(=O)CNC(=O)OCc1ccccc1.NC(=O)C[C@H](NC(=O)OCC1c2ccccc2-c2ccccc21)C(=O)CNC(=O)OCc1ccccc1.NC(=O)C[C@H](NC(=O)OCC1c2ccccc2-c2ccccc21)C(=O)O.NCC(=O)OCc1ccccc1.O=CCCC(=O)OCC1c2ccccc2-c2ccccc21. The zero-order chi connectivity index (χ0) is 83.3. The molecule has 29 nitrogen and oxygen atoms in total. The van der Waals surface area contributed by atoms with Gasteiger partial charge in [-0.2, -0.15) is 0 Å². The first kappa shape index (κ1) is 87.4. The molecule has 3 aliphatic carbocycles. The number of alkyl carbamates (subject to hydrolysis) is 4. The van der Waals surface area contributed by atoms with Gasteiger partial charge in [0.15, 0.2) is 11.6 Å². The third-order valence-electron chi connectivity index (χ3n) is 18.1. The molecule has 12 rings (SSSR count). The highest BCUT2D eigenvalue weighted by molar-refractivity contribution is 5.95. The summed E-state index contributed by atoms with van der Waals surface area (Å²) in [7, 11) is 0. The van der Waals surface area contributed by atoms with E-state index in [0.29, 0.717) is 13.2 Å². The summed E-state index contributed by atoms with van der Waals surface area (Å²) in [6, 6.07) is 71.9. The van der Waals surface area contributed by atoms with Crippen LogP contribution in [0.1, 0.15) is 99.9 Å². The van der Waals surface area contributed by atoms with E-state index in [4.69, 9.17) is 62.2 Å². The maximum atomic E-state index is 12.6. The number of aliphatic carboxylic acids is 1. The van der Waals surface area contributed by atoms with E-state index in [2.05, 4.69) is 45.5 Å². The molecule has 15 N–H and O–H groups in total. The topological polar surface area (TPSA) is 476 Å². The third-order valence-corrected chi connectivity index (χ3v) is 18.1. The molecule has 0 unspecified atom stereocenters. The quantitative estimate of drug-likeness (QED) is 0.0110. The van der Waals surface area contributed by atoms with Gasteiger partial charge in [0.1, 0.15) is 58.0 Å². The lowest BCUT2D eigenvalue weighted by molar-refractivity contribution is -0.144. The number of fused-ring (bicyclic) bond motifs is 9. The predicted octanol–water partition coefficient (Wildman–Crippen LogP) is 8.81. The van der Waals surface area contributed by atoms with Gasteiger partial charge in [0.2, 0.25) is 17.7 Å². The lowest BCUT2D eigenvalue weighted by Crippen LogP contribution is -2.47. The number of nitrogens with two attached hydrogens (primary N) is 5. The Balaban J connectivity index is 0.000000189. The minimum Gasteiger partial charge on any atom is -0.480 e. The number of amides is 7. The Labute approximate surface area is 667 Å². The number of esters is 2. The van der Waals surface area contributed by atoms with Gasteiger partial charge in [0.25, 0.3) is 0 Å². The monoisotopic (exact) mass is 1580 g/mol. The summed E-state index contributed by atoms with van der Waals surface area (Å²) in [6.45, 7) is 0.0364. The standard InChI is InChI=1S/C28H27N3O6.C19H18N2O5.C18H16O3.C13H17N3O4.C9H11NO2/c29-26(33)14-24(25(32)15-30-27(34)36-16-18-8-2-1-3-9-18)31-28(35)37-17-23-21-12-6-4-10-19(21)20-11-5-7-13-22(20)23;20-17(22)9-16(18(23)24)21-19(25)26-10-15-13-7-3-1-5-11(13)12-6-2-4-8-14(12)15;19-11-5-10-18(20)21-12-17-15-8-3-1-6-13(15)14-7-2-4-9-16(14)17;14-10(6-12(15)18)11(17)7-16-13(19)20-8-9-4-2-1-3-5-9;10-6-9(11)12-7-8-4-2-1-3-5-8/h1-13,23-24H,14-17H2,(H2,29,33)(H,30,34)(H,31,35);1-8,15-16H,9-10H2,(H2,20,22)(H,21,25)(H,23,24);1-4,6-9,11,17H,5,10,12H2;1-5,10H,6-8,14H2,(H2,15,18)(H,16,19);1-5H,6-7,10H2/t24-;16-;;10-;/m00.0./s1. The summed E-state index contributed by atoms with van der Waals surface area (Å²) in [5.41, 5.74) is 41.6. The van der Waals surface area contributed by atoms with Crippen LogP contribution in [-0.4, -0.2) is 141 Å². The number of benzene rings is 9. The molecule has 9 aromatic rings. The molecule has 0 heterocycles. The molecule has 0 aromatic heterocycles. The number of carboxylic acid groups (broad SMARTS) is 1. The lowest BCUT2D eigenvalue weighted by Gasteiger charge is -2.18. The van der Waals surface area contributed by atoms with Gasteiger partial charge >= 0.3 is 42.3 Å². The molecule has 3 atom stereocenters. The van der Waals surface area contributed by atoms with E-state index in [9.17, 15) is 62.3 Å². The van der Waals surface area contributed by atoms with E-state index in [1.165, 1.54) is 22.3 Å². The Morgan fingerprint density at radius 3 is 0.991 bits per heavy atom. The van der Waals surface area contributed by atoms with Gasteiger partial charge in [-0.15, -0.1) is 0 Å². The fraction of sp³-hybridized carbons (Fsp3) is 0.230.